The number of thiocarbonyl (C=S) groups is 1. The third-order valence-electron chi connectivity index (χ3n) is 3.89. The zero-order chi connectivity index (χ0) is 20.5. The van der Waals surface area contributed by atoms with Crippen LogP contribution in [0.3, 0.4) is 0 Å². The molecule has 3 N–H and O–H groups in total. The summed E-state index contributed by atoms with van der Waals surface area (Å²) < 4.78 is 10.5. The molecule has 7 heteroatoms. The van der Waals surface area contributed by atoms with Crippen molar-refractivity contribution in [1.29, 1.82) is 0 Å². The van der Waals surface area contributed by atoms with Gasteiger partial charge in [-0.15, -0.1) is 0 Å². The van der Waals surface area contributed by atoms with Crippen LogP contribution in [0.25, 0.3) is 0 Å². The third-order valence-corrected chi connectivity index (χ3v) is 4.09. The van der Waals surface area contributed by atoms with Crippen LogP contribution < -0.4 is 25.4 Å². The minimum Gasteiger partial charge on any atom is -0.497 e. The van der Waals surface area contributed by atoms with Crippen LogP contribution in [-0.2, 0) is 4.79 Å². The van der Waals surface area contributed by atoms with Gasteiger partial charge in [-0.05, 0) is 72.9 Å². The molecule has 0 atom stereocenters. The molecule has 6 nitrogen and oxygen atoms in total. The second-order valence-corrected chi connectivity index (χ2v) is 6.44. The fourth-order valence-electron chi connectivity index (χ4n) is 2.47. The van der Waals surface area contributed by atoms with Crippen molar-refractivity contribution in [2.45, 2.75) is 0 Å². The summed E-state index contributed by atoms with van der Waals surface area (Å²) in [6.07, 6.45) is 0. The molecule has 0 radical (unpaired) electrons. The molecule has 0 aliphatic heterocycles. The maximum atomic E-state index is 12.0. The van der Waals surface area contributed by atoms with Crippen LogP contribution in [0.15, 0.2) is 78.9 Å². The summed E-state index contributed by atoms with van der Waals surface area (Å²) >= 11 is 5.18. The normalized spacial score (nSPS) is 9.97. The van der Waals surface area contributed by atoms with E-state index in [-0.39, 0.29) is 17.6 Å². The summed E-state index contributed by atoms with van der Waals surface area (Å²) in [5.74, 6) is 0.944. The van der Waals surface area contributed by atoms with Crippen LogP contribution in [0.4, 0.5) is 17.1 Å². The molecule has 3 rings (SSSR count). The second kappa shape index (κ2) is 10.1. The lowest BCUT2D eigenvalue weighted by molar-refractivity contribution is -0.121. The van der Waals surface area contributed by atoms with Gasteiger partial charge in [0.05, 0.1) is 7.11 Å². The number of nitrogens with one attached hydrogen (secondary N) is 3. The van der Waals surface area contributed by atoms with Gasteiger partial charge in [-0.25, -0.2) is 0 Å². The summed E-state index contributed by atoms with van der Waals surface area (Å²) in [4.78, 5) is 12.0. The highest BCUT2D eigenvalue weighted by Gasteiger charge is 2.06. The van der Waals surface area contributed by atoms with Gasteiger partial charge in [0, 0.05) is 17.1 Å². The fraction of sp³-hybridized carbons (Fsp3) is 0.0909. The number of amides is 1. The average molecular weight is 407 g/mol. The van der Waals surface area contributed by atoms with E-state index in [1.165, 1.54) is 0 Å². The van der Waals surface area contributed by atoms with Gasteiger partial charge in [0.1, 0.15) is 11.5 Å². The number of methoxy groups -OCH3 is 1. The fourth-order valence-corrected chi connectivity index (χ4v) is 2.70. The quantitative estimate of drug-likeness (QED) is 0.507. The van der Waals surface area contributed by atoms with Crippen LogP contribution in [0, 0.1) is 0 Å². The van der Waals surface area contributed by atoms with E-state index < -0.39 is 0 Å². The van der Waals surface area contributed by atoms with Crippen LogP contribution in [0.5, 0.6) is 11.5 Å². The van der Waals surface area contributed by atoms with Gasteiger partial charge in [-0.2, -0.15) is 0 Å². The van der Waals surface area contributed by atoms with Gasteiger partial charge in [-0.3, -0.25) is 10.1 Å². The molecule has 0 aliphatic rings. The number of carbonyl (C=O) groups is 1. The van der Waals surface area contributed by atoms with Crippen molar-refractivity contribution >= 4 is 40.3 Å². The maximum absolute atomic E-state index is 12.0. The Hall–Kier alpha value is -3.58. The summed E-state index contributed by atoms with van der Waals surface area (Å²) in [5.41, 5.74) is 2.72. The Morgan fingerprint density at radius 3 is 2.07 bits per heavy atom. The zero-order valence-electron chi connectivity index (χ0n) is 15.8. The molecule has 0 saturated heterocycles. The van der Waals surface area contributed by atoms with E-state index in [9.17, 15) is 4.79 Å². The highest BCUT2D eigenvalue weighted by Crippen LogP contribution is 2.19. The van der Waals surface area contributed by atoms with E-state index in [0.717, 1.165) is 22.8 Å². The Kier molecular flexibility index (Phi) is 7.02. The van der Waals surface area contributed by atoms with Crippen molar-refractivity contribution in [3.05, 3.63) is 78.9 Å². The molecule has 0 unspecified atom stereocenters. The lowest BCUT2D eigenvalue weighted by atomic mass is 10.2. The summed E-state index contributed by atoms with van der Waals surface area (Å²) in [7, 11) is 1.59. The first-order valence-corrected chi connectivity index (χ1v) is 9.33. The molecule has 0 aliphatic carbocycles. The second-order valence-electron chi connectivity index (χ2n) is 6.03. The van der Waals surface area contributed by atoms with E-state index in [1.54, 1.807) is 31.4 Å². The Morgan fingerprint density at radius 2 is 1.41 bits per heavy atom. The van der Waals surface area contributed by atoms with Crippen LogP contribution >= 0.6 is 12.2 Å². The largest absolute Gasteiger partial charge is 0.497 e. The molecule has 3 aromatic carbocycles. The number of rotatable bonds is 7. The summed E-state index contributed by atoms with van der Waals surface area (Å²) in [5, 5.41) is 9.08. The van der Waals surface area contributed by atoms with E-state index in [0.29, 0.717) is 5.75 Å². The number of hydrogen-bond acceptors (Lipinski definition) is 5. The van der Waals surface area contributed by atoms with Crippen molar-refractivity contribution < 1.29 is 14.3 Å². The van der Waals surface area contributed by atoms with E-state index in [4.69, 9.17) is 21.7 Å². The average Bonchev–Trinajstić information content (AvgIpc) is 2.75. The van der Waals surface area contributed by atoms with Gasteiger partial charge < -0.3 is 20.1 Å². The van der Waals surface area contributed by atoms with Gasteiger partial charge in [0.15, 0.2) is 11.7 Å². The molecule has 29 heavy (non-hydrogen) atoms. The first kappa shape index (κ1) is 20.2. The van der Waals surface area contributed by atoms with E-state index >= 15 is 0 Å². The van der Waals surface area contributed by atoms with Crippen molar-refractivity contribution in [2.75, 3.05) is 24.4 Å². The van der Waals surface area contributed by atoms with E-state index in [2.05, 4.69) is 16.0 Å². The highest BCUT2D eigenvalue weighted by atomic mass is 32.1. The Morgan fingerprint density at radius 1 is 0.828 bits per heavy atom. The summed E-state index contributed by atoms with van der Waals surface area (Å²) in [6.45, 7) is -0.145. The molecule has 0 spiro atoms. The van der Waals surface area contributed by atoms with Crippen molar-refractivity contribution in [2.24, 2.45) is 0 Å². The van der Waals surface area contributed by atoms with Gasteiger partial charge in [0.25, 0.3) is 5.91 Å². The Bertz CT molecular complexity index is 945. The van der Waals surface area contributed by atoms with Crippen LogP contribution in [0.1, 0.15) is 0 Å². The smallest absolute Gasteiger partial charge is 0.264 e. The van der Waals surface area contributed by atoms with Crippen LogP contribution in [0.2, 0.25) is 0 Å². The minimum absolute atomic E-state index is 0.145. The SMILES string of the molecule is COc1ccc(OCC(=O)NC(=S)Nc2ccc(Nc3ccccc3)cc2)cc1. The molecule has 0 fully saturated rings. The first-order chi connectivity index (χ1) is 14.1. The van der Waals surface area contributed by atoms with Gasteiger partial charge in [0.2, 0.25) is 0 Å². The Balaban J connectivity index is 1.43. The first-order valence-electron chi connectivity index (χ1n) is 8.92. The number of para-hydroxylation sites is 1. The lowest BCUT2D eigenvalue weighted by Gasteiger charge is -2.12. The summed E-state index contributed by atoms with van der Waals surface area (Å²) in [6, 6.07) is 24.5. The highest BCUT2D eigenvalue weighted by molar-refractivity contribution is 7.80. The van der Waals surface area contributed by atoms with Gasteiger partial charge in [-0.1, -0.05) is 18.2 Å². The molecule has 0 aromatic heterocycles. The Labute approximate surface area is 174 Å². The number of anilines is 3. The molecule has 0 bridgehead atoms. The molecule has 0 saturated carbocycles. The van der Waals surface area contributed by atoms with Crippen molar-refractivity contribution in [3.63, 3.8) is 0 Å². The number of benzene rings is 3. The molecular weight excluding hydrogens is 386 g/mol. The van der Waals surface area contributed by atoms with Gasteiger partial charge >= 0.3 is 0 Å². The van der Waals surface area contributed by atoms with Crippen LogP contribution in [-0.4, -0.2) is 24.7 Å². The monoisotopic (exact) mass is 407 g/mol. The third kappa shape index (κ3) is 6.51. The molecule has 3 aromatic rings. The van der Waals surface area contributed by atoms with Crippen molar-refractivity contribution in [3.8, 4) is 11.5 Å². The number of hydrogen-bond donors (Lipinski definition) is 3. The molecule has 148 valence electrons. The lowest BCUT2D eigenvalue weighted by Crippen LogP contribution is -2.37. The predicted octanol–water partition coefficient (Wildman–Crippen LogP) is 4.33. The number of carbonyl (C=O) groups excluding carboxylic acids is 1. The molecular formula is C22H21N3O3S. The van der Waals surface area contributed by atoms with Crippen molar-refractivity contribution in [1.82, 2.24) is 5.32 Å². The molecule has 1 amide bonds. The standard InChI is InChI=1S/C22H21N3O3S/c1-27-19-11-13-20(14-12-19)28-15-21(26)25-22(29)24-18-9-7-17(8-10-18)23-16-5-3-2-4-6-16/h2-14,23H,15H2,1H3,(H2,24,25,26,29). The topological polar surface area (TPSA) is 71.6 Å². The number of ether oxygens (including phenoxy) is 2. The zero-order valence-corrected chi connectivity index (χ0v) is 16.7. The maximum Gasteiger partial charge on any atom is 0.264 e. The molecule has 0 heterocycles. The van der Waals surface area contributed by atoms with E-state index in [1.807, 2.05) is 54.6 Å². The minimum atomic E-state index is -0.347. The predicted molar refractivity (Wildman–Crippen MR) is 119 cm³/mol.